The number of nitrogens with zero attached hydrogens (tertiary/aromatic N) is 3. The van der Waals surface area contributed by atoms with E-state index in [0.717, 1.165) is 0 Å². The average molecular weight is 227 g/mol. The van der Waals surface area contributed by atoms with Gasteiger partial charge in [-0.05, 0) is 12.1 Å². The minimum atomic E-state index is -0.120. The van der Waals surface area contributed by atoms with Crippen LogP contribution in [-0.4, -0.2) is 53.8 Å². The third kappa shape index (κ3) is 3.73. The van der Waals surface area contributed by atoms with Gasteiger partial charge in [0, 0.05) is 20.2 Å². The summed E-state index contributed by atoms with van der Waals surface area (Å²) in [4.78, 5) is 1.87. The molecule has 2 N–H and O–H groups in total. The van der Waals surface area contributed by atoms with Crippen molar-refractivity contribution in [3.63, 3.8) is 0 Å². The zero-order chi connectivity index (χ0) is 11.8. The first-order valence-corrected chi connectivity index (χ1v) is 5.10. The molecule has 6 nitrogen and oxygen atoms in total. The van der Waals surface area contributed by atoms with E-state index in [2.05, 4.69) is 10.2 Å². The summed E-state index contributed by atoms with van der Waals surface area (Å²) in [5.74, 6) is 0.670. The van der Waals surface area contributed by atoms with Crippen molar-refractivity contribution in [3.8, 4) is 0 Å². The topological polar surface area (TPSA) is 78.7 Å². The Bertz CT molecular complexity index is 292. The van der Waals surface area contributed by atoms with Gasteiger partial charge in [-0.1, -0.05) is 0 Å². The molecule has 90 valence electrons. The van der Waals surface area contributed by atoms with Crippen LogP contribution in [0.2, 0.25) is 0 Å². The van der Waals surface area contributed by atoms with Gasteiger partial charge in [0.15, 0.2) is 5.82 Å². The standard InChI is InChI=1S/C10H17N3O3/c1-16-7-5-13(4-6-14)10-3-2-9(8-15)11-12-10/h2-3,14-15H,4-8H2,1H3. The Hall–Kier alpha value is -1.24. The molecule has 0 aliphatic rings. The average Bonchev–Trinajstić information content (AvgIpc) is 2.35. The minimum absolute atomic E-state index is 0.0488. The van der Waals surface area contributed by atoms with Crippen LogP contribution in [-0.2, 0) is 11.3 Å². The smallest absolute Gasteiger partial charge is 0.151 e. The number of methoxy groups -OCH3 is 1. The fourth-order valence-electron chi connectivity index (χ4n) is 1.27. The van der Waals surface area contributed by atoms with E-state index in [-0.39, 0.29) is 13.2 Å². The zero-order valence-corrected chi connectivity index (χ0v) is 9.33. The quantitative estimate of drug-likeness (QED) is 0.648. The lowest BCUT2D eigenvalue weighted by atomic mass is 10.3. The summed E-state index contributed by atoms with van der Waals surface area (Å²) in [6.45, 7) is 1.61. The van der Waals surface area contributed by atoms with Crippen molar-refractivity contribution in [2.75, 3.05) is 38.3 Å². The van der Waals surface area contributed by atoms with Crippen LogP contribution in [0.1, 0.15) is 5.69 Å². The van der Waals surface area contributed by atoms with Gasteiger partial charge in [-0.3, -0.25) is 0 Å². The molecule has 0 atom stereocenters. The van der Waals surface area contributed by atoms with Crippen molar-refractivity contribution in [2.24, 2.45) is 0 Å². The maximum atomic E-state index is 8.93. The third-order valence-electron chi connectivity index (χ3n) is 2.13. The molecule has 1 aromatic rings. The van der Waals surface area contributed by atoms with Gasteiger partial charge in [-0.15, -0.1) is 5.10 Å². The van der Waals surface area contributed by atoms with E-state index in [1.54, 1.807) is 19.2 Å². The zero-order valence-electron chi connectivity index (χ0n) is 9.33. The molecule has 1 rings (SSSR count). The SMILES string of the molecule is COCCN(CCO)c1ccc(CO)nn1. The van der Waals surface area contributed by atoms with E-state index in [0.29, 0.717) is 31.2 Å². The van der Waals surface area contributed by atoms with Crippen molar-refractivity contribution in [1.82, 2.24) is 10.2 Å². The van der Waals surface area contributed by atoms with Crippen LogP contribution in [0.15, 0.2) is 12.1 Å². The predicted octanol–water partition coefficient (Wildman–Crippen LogP) is -0.586. The van der Waals surface area contributed by atoms with Crippen molar-refractivity contribution in [2.45, 2.75) is 6.61 Å². The molecule has 0 aliphatic heterocycles. The number of ether oxygens (including phenoxy) is 1. The van der Waals surface area contributed by atoms with Gasteiger partial charge in [-0.25, -0.2) is 0 Å². The summed E-state index contributed by atoms with van der Waals surface area (Å²) < 4.78 is 4.97. The van der Waals surface area contributed by atoms with Gasteiger partial charge in [0.1, 0.15) is 0 Å². The van der Waals surface area contributed by atoms with Crippen LogP contribution in [0.25, 0.3) is 0 Å². The van der Waals surface area contributed by atoms with Crippen molar-refractivity contribution >= 4 is 5.82 Å². The van der Waals surface area contributed by atoms with E-state index in [1.807, 2.05) is 4.90 Å². The third-order valence-corrected chi connectivity index (χ3v) is 2.13. The van der Waals surface area contributed by atoms with Gasteiger partial charge >= 0.3 is 0 Å². The van der Waals surface area contributed by atoms with Crippen LogP contribution in [0.4, 0.5) is 5.82 Å². The molecule has 0 saturated carbocycles. The van der Waals surface area contributed by atoms with Gasteiger partial charge in [-0.2, -0.15) is 5.10 Å². The van der Waals surface area contributed by atoms with Crippen molar-refractivity contribution in [3.05, 3.63) is 17.8 Å². The molecular weight excluding hydrogens is 210 g/mol. The minimum Gasteiger partial charge on any atom is -0.395 e. The molecule has 0 aromatic carbocycles. The summed E-state index contributed by atoms with van der Waals surface area (Å²) in [5, 5.41) is 25.6. The van der Waals surface area contributed by atoms with E-state index in [4.69, 9.17) is 14.9 Å². The Morgan fingerprint density at radius 1 is 1.25 bits per heavy atom. The normalized spacial score (nSPS) is 10.4. The predicted molar refractivity (Wildman–Crippen MR) is 59.1 cm³/mol. The molecule has 0 unspecified atom stereocenters. The fraction of sp³-hybridized carbons (Fsp3) is 0.600. The maximum Gasteiger partial charge on any atom is 0.151 e. The number of rotatable bonds is 7. The second kappa shape index (κ2) is 7.10. The second-order valence-corrected chi connectivity index (χ2v) is 3.24. The van der Waals surface area contributed by atoms with E-state index in [9.17, 15) is 0 Å². The summed E-state index contributed by atoms with van der Waals surface area (Å²) in [5.41, 5.74) is 0.527. The molecule has 1 heterocycles. The maximum absolute atomic E-state index is 8.93. The molecule has 0 saturated heterocycles. The molecule has 0 aliphatic carbocycles. The molecule has 16 heavy (non-hydrogen) atoms. The first kappa shape index (κ1) is 12.8. The Morgan fingerprint density at radius 3 is 2.56 bits per heavy atom. The summed E-state index contributed by atoms with van der Waals surface area (Å²) in [6, 6.07) is 3.48. The van der Waals surface area contributed by atoms with Crippen LogP contribution < -0.4 is 4.90 Å². The number of hydrogen-bond acceptors (Lipinski definition) is 6. The number of aromatic nitrogens is 2. The van der Waals surface area contributed by atoms with E-state index < -0.39 is 0 Å². The highest BCUT2D eigenvalue weighted by molar-refractivity contribution is 5.37. The molecule has 0 amide bonds. The molecule has 6 heteroatoms. The van der Waals surface area contributed by atoms with Crippen LogP contribution in [0.3, 0.4) is 0 Å². The van der Waals surface area contributed by atoms with E-state index in [1.165, 1.54) is 0 Å². The molecule has 0 bridgehead atoms. The Labute approximate surface area is 94.5 Å². The number of aliphatic hydroxyl groups excluding tert-OH is 2. The first-order valence-electron chi connectivity index (χ1n) is 5.10. The van der Waals surface area contributed by atoms with Crippen LogP contribution >= 0.6 is 0 Å². The van der Waals surface area contributed by atoms with Gasteiger partial charge < -0.3 is 19.8 Å². The lowest BCUT2D eigenvalue weighted by Gasteiger charge is -2.21. The van der Waals surface area contributed by atoms with Crippen LogP contribution in [0.5, 0.6) is 0 Å². The second-order valence-electron chi connectivity index (χ2n) is 3.24. The van der Waals surface area contributed by atoms with Crippen LogP contribution in [0, 0.1) is 0 Å². The molecule has 1 aromatic heterocycles. The Kier molecular flexibility index (Phi) is 5.69. The van der Waals surface area contributed by atoms with Crippen molar-refractivity contribution < 1.29 is 14.9 Å². The van der Waals surface area contributed by atoms with Gasteiger partial charge in [0.05, 0.1) is 25.5 Å². The Balaban J connectivity index is 2.67. The largest absolute Gasteiger partial charge is 0.395 e. The first-order chi connectivity index (χ1) is 7.81. The van der Waals surface area contributed by atoms with Gasteiger partial charge in [0.2, 0.25) is 0 Å². The number of anilines is 1. The fourth-order valence-corrected chi connectivity index (χ4v) is 1.27. The molecule has 0 fully saturated rings. The molecular formula is C10H17N3O3. The van der Waals surface area contributed by atoms with E-state index >= 15 is 0 Å². The monoisotopic (exact) mass is 227 g/mol. The highest BCUT2D eigenvalue weighted by Gasteiger charge is 2.07. The number of aliphatic hydroxyl groups is 2. The Morgan fingerprint density at radius 2 is 2.06 bits per heavy atom. The summed E-state index contributed by atoms with van der Waals surface area (Å²) >= 11 is 0. The highest BCUT2D eigenvalue weighted by Crippen LogP contribution is 2.08. The highest BCUT2D eigenvalue weighted by atomic mass is 16.5. The lowest BCUT2D eigenvalue weighted by Crippen LogP contribution is -2.31. The number of hydrogen-bond donors (Lipinski definition) is 2. The summed E-state index contributed by atoms with van der Waals surface area (Å²) in [6.07, 6.45) is 0. The molecule has 0 radical (unpaired) electrons. The molecule has 0 spiro atoms. The summed E-state index contributed by atoms with van der Waals surface area (Å²) in [7, 11) is 1.62. The lowest BCUT2D eigenvalue weighted by molar-refractivity contribution is 0.202. The van der Waals surface area contributed by atoms with Crippen molar-refractivity contribution in [1.29, 1.82) is 0 Å². The van der Waals surface area contributed by atoms with Gasteiger partial charge in [0.25, 0.3) is 0 Å².